The van der Waals surface area contributed by atoms with Crippen LogP contribution in [0.1, 0.15) is 25.0 Å². The van der Waals surface area contributed by atoms with Gasteiger partial charge in [-0.3, -0.25) is 0 Å². The Kier molecular flexibility index (Phi) is 7.28. The van der Waals surface area contributed by atoms with E-state index in [9.17, 15) is 0 Å². The average molecular weight is 714 g/mol. The second kappa shape index (κ2) is 12.5. The van der Waals surface area contributed by atoms with Gasteiger partial charge >= 0.3 is 0 Å². The summed E-state index contributed by atoms with van der Waals surface area (Å²) in [5, 5.41) is 10.2. The van der Waals surface area contributed by atoms with Gasteiger partial charge in [0.1, 0.15) is 0 Å². The fourth-order valence-corrected chi connectivity index (χ4v) is 9.34. The Morgan fingerprint density at radius 1 is 0.304 bits per heavy atom. The highest BCUT2D eigenvalue weighted by Gasteiger charge is 2.35. The molecule has 0 unspecified atom stereocenters. The third kappa shape index (κ3) is 5.08. The second-order valence-corrected chi connectivity index (χ2v) is 15.7. The maximum atomic E-state index is 2.42. The molecule has 0 spiro atoms. The van der Waals surface area contributed by atoms with Crippen LogP contribution in [-0.2, 0) is 5.41 Å². The van der Waals surface area contributed by atoms with E-state index >= 15 is 0 Å². The molecule has 0 aromatic heterocycles. The van der Waals surface area contributed by atoms with E-state index in [1.807, 2.05) is 0 Å². The number of nitrogens with zero attached hydrogens (tertiary/aromatic N) is 1. The highest BCUT2D eigenvalue weighted by molar-refractivity contribution is 6.21. The summed E-state index contributed by atoms with van der Waals surface area (Å²) in [6.07, 6.45) is 0. The normalized spacial score (nSPS) is 13.0. The molecule has 0 atom stereocenters. The molecule has 0 radical (unpaired) electrons. The van der Waals surface area contributed by atoms with Crippen molar-refractivity contribution in [3.05, 3.63) is 211 Å². The third-order valence-electron chi connectivity index (χ3n) is 12.2. The lowest BCUT2D eigenvalue weighted by atomic mass is 9.82. The SMILES string of the molecule is CC1(C)c2ccccc2-c2ccc(N(c3ccc(-c4ccc5ccccc5c4)cc3)c3ccc(-c4cc5c6ccccc6ccc5c5ccccc45)cc3)cc21. The van der Waals surface area contributed by atoms with Crippen molar-refractivity contribution in [2.45, 2.75) is 19.3 Å². The number of hydrogen-bond acceptors (Lipinski definition) is 1. The number of hydrogen-bond donors (Lipinski definition) is 0. The van der Waals surface area contributed by atoms with Crippen molar-refractivity contribution in [1.29, 1.82) is 0 Å². The topological polar surface area (TPSA) is 3.24 Å². The zero-order valence-electron chi connectivity index (χ0n) is 31.5. The summed E-state index contributed by atoms with van der Waals surface area (Å²) < 4.78 is 0. The van der Waals surface area contributed by atoms with Crippen LogP contribution in [-0.4, -0.2) is 0 Å². The van der Waals surface area contributed by atoms with Crippen molar-refractivity contribution in [2.75, 3.05) is 4.90 Å². The molecule has 0 saturated heterocycles. The van der Waals surface area contributed by atoms with Crippen LogP contribution in [0.15, 0.2) is 200 Å². The second-order valence-electron chi connectivity index (χ2n) is 15.7. The highest BCUT2D eigenvalue weighted by atomic mass is 15.1. The number of rotatable bonds is 5. The number of fused-ring (bicyclic) bond motifs is 9. The zero-order valence-corrected chi connectivity index (χ0v) is 31.5. The predicted octanol–water partition coefficient (Wildman–Crippen LogP) is 15.4. The average Bonchev–Trinajstić information content (AvgIpc) is 3.49. The van der Waals surface area contributed by atoms with Crippen molar-refractivity contribution in [1.82, 2.24) is 0 Å². The van der Waals surface area contributed by atoms with Crippen LogP contribution in [0, 0.1) is 0 Å². The Bertz CT molecular complexity index is 3150. The summed E-state index contributed by atoms with van der Waals surface area (Å²) in [5.41, 5.74) is 13.6. The van der Waals surface area contributed by atoms with E-state index in [-0.39, 0.29) is 5.41 Å². The van der Waals surface area contributed by atoms with E-state index in [0.29, 0.717) is 0 Å². The van der Waals surface area contributed by atoms with Crippen molar-refractivity contribution >= 4 is 60.2 Å². The lowest BCUT2D eigenvalue weighted by molar-refractivity contribution is 0.660. The summed E-state index contributed by atoms with van der Waals surface area (Å²) in [5.74, 6) is 0. The van der Waals surface area contributed by atoms with E-state index in [1.54, 1.807) is 0 Å². The molecule has 0 heterocycles. The van der Waals surface area contributed by atoms with Crippen molar-refractivity contribution in [2.24, 2.45) is 0 Å². The van der Waals surface area contributed by atoms with Crippen LogP contribution < -0.4 is 4.90 Å². The summed E-state index contributed by atoms with van der Waals surface area (Å²) in [6.45, 7) is 4.71. The van der Waals surface area contributed by atoms with Gasteiger partial charge in [0, 0.05) is 22.5 Å². The molecule has 0 aliphatic heterocycles. The van der Waals surface area contributed by atoms with Gasteiger partial charge in [-0.1, -0.05) is 166 Å². The van der Waals surface area contributed by atoms with E-state index in [1.165, 1.54) is 87.6 Å². The van der Waals surface area contributed by atoms with Crippen LogP contribution >= 0.6 is 0 Å². The maximum absolute atomic E-state index is 2.42. The molecule has 0 N–H and O–H groups in total. The Labute approximate surface area is 327 Å². The van der Waals surface area contributed by atoms with Gasteiger partial charge < -0.3 is 4.90 Å². The molecule has 11 rings (SSSR count). The minimum atomic E-state index is -0.0985. The summed E-state index contributed by atoms with van der Waals surface area (Å²) in [4.78, 5) is 2.42. The molecule has 56 heavy (non-hydrogen) atoms. The first kappa shape index (κ1) is 32.5. The van der Waals surface area contributed by atoms with Gasteiger partial charge in [-0.2, -0.15) is 0 Å². The Hall–Kier alpha value is -6.96. The quantitative estimate of drug-likeness (QED) is 0.161. The van der Waals surface area contributed by atoms with E-state index in [2.05, 4.69) is 219 Å². The highest BCUT2D eigenvalue weighted by Crippen LogP contribution is 2.51. The Morgan fingerprint density at radius 3 is 1.64 bits per heavy atom. The number of benzene rings is 10. The van der Waals surface area contributed by atoms with Crippen LogP contribution in [0.3, 0.4) is 0 Å². The summed E-state index contributed by atoms with van der Waals surface area (Å²) in [6, 6.07) is 74.0. The molecule has 264 valence electrons. The van der Waals surface area contributed by atoms with Crippen LogP contribution in [0.5, 0.6) is 0 Å². The summed E-state index contributed by atoms with van der Waals surface area (Å²) in [7, 11) is 0. The first-order valence-corrected chi connectivity index (χ1v) is 19.6. The smallest absolute Gasteiger partial charge is 0.0465 e. The van der Waals surface area contributed by atoms with Gasteiger partial charge in [-0.25, -0.2) is 0 Å². The van der Waals surface area contributed by atoms with Gasteiger partial charge in [0.25, 0.3) is 0 Å². The standard InChI is InChI=1S/C55H39N/c1-55(2)53-18-10-9-17-49(53)50-32-30-44(34-54(50)55)56(42-26-21-37(22-27-42)41-20-19-36-11-3-4-13-40(36)33-41)43-28-23-39(24-29-43)51-35-52-45-14-6-5-12-38(45)25-31-48(52)46-15-7-8-16-47(46)51/h3-35H,1-2H3. The monoisotopic (exact) mass is 713 g/mol. The molecular formula is C55H39N. The molecule has 0 saturated carbocycles. The minimum absolute atomic E-state index is 0.0985. The molecule has 1 aliphatic rings. The molecular weight excluding hydrogens is 675 g/mol. The lowest BCUT2D eigenvalue weighted by Gasteiger charge is -2.28. The Balaban J connectivity index is 1.05. The molecule has 1 nitrogen and oxygen atoms in total. The number of anilines is 3. The third-order valence-corrected chi connectivity index (χ3v) is 12.2. The van der Waals surface area contributed by atoms with Crippen molar-refractivity contribution < 1.29 is 0 Å². The van der Waals surface area contributed by atoms with Gasteiger partial charge in [-0.15, -0.1) is 0 Å². The Morgan fingerprint density at radius 2 is 0.857 bits per heavy atom. The first-order chi connectivity index (χ1) is 27.5. The van der Waals surface area contributed by atoms with Gasteiger partial charge in [0.15, 0.2) is 0 Å². The molecule has 0 amide bonds. The van der Waals surface area contributed by atoms with Crippen LogP contribution in [0.25, 0.3) is 76.5 Å². The van der Waals surface area contributed by atoms with Crippen molar-refractivity contribution in [3.63, 3.8) is 0 Å². The van der Waals surface area contributed by atoms with Crippen molar-refractivity contribution in [3.8, 4) is 33.4 Å². The predicted molar refractivity (Wildman–Crippen MR) is 240 cm³/mol. The van der Waals surface area contributed by atoms with Crippen LogP contribution in [0.4, 0.5) is 17.1 Å². The van der Waals surface area contributed by atoms with Crippen LogP contribution in [0.2, 0.25) is 0 Å². The van der Waals surface area contributed by atoms with Gasteiger partial charge in [0.2, 0.25) is 0 Å². The largest absolute Gasteiger partial charge is 0.310 e. The van der Waals surface area contributed by atoms with E-state index < -0.39 is 0 Å². The fourth-order valence-electron chi connectivity index (χ4n) is 9.34. The lowest BCUT2D eigenvalue weighted by Crippen LogP contribution is -2.16. The maximum Gasteiger partial charge on any atom is 0.0465 e. The molecule has 0 bridgehead atoms. The summed E-state index contributed by atoms with van der Waals surface area (Å²) >= 11 is 0. The van der Waals surface area contributed by atoms with Gasteiger partial charge in [-0.05, 0) is 136 Å². The fraction of sp³-hybridized carbons (Fsp3) is 0.0545. The molecule has 0 fully saturated rings. The zero-order chi connectivity index (χ0) is 37.4. The molecule has 1 heteroatoms. The molecule has 10 aromatic carbocycles. The molecule has 10 aromatic rings. The van der Waals surface area contributed by atoms with Gasteiger partial charge in [0.05, 0.1) is 0 Å². The minimum Gasteiger partial charge on any atom is -0.310 e. The van der Waals surface area contributed by atoms with E-state index in [0.717, 1.165) is 17.1 Å². The molecule has 1 aliphatic carbocycles. The van der Waals surface area contributed by atoms with E-state index in [4.69, 9.17) is 0 Å². The first-order valence-electron chi connectivity index (χ1n) is 19.6.